The predicted octanol–water partition coefficient (Wildman–Crippen LogP) is 4.12. The van der Waals surface area contributed by atoms with Crippen molar-refractivity contribution in [1.29, 1.82) is 0 Å². The molecule has 4 rings (SSSR count). The van der Waals surface area contributed by atoms with Gasteiger partial charge in [-0.3, -0.25) is 0 Å². The molecule has 6 nitrogen and oxygen atoms in total. The number of hydrogen-bond acceptors (Lipinski definition) is 7. The van der Waals surface area contributed by atoms with Crippen molar-refractivity contribution in [3.63, 3.8) is 0 Å². The second-order valence-electron chi connectivity index (χ2n) is 6.26. The molecule has 1 aliphatic heterocycles. The standard InChI is InChI=1S/C19H21N3O3S/c1-24-16-10-13(2-3-15(16)17-11-20-12-25-17)21-18-4-5-19(26-18)22-8-6-14(23)7-9-22/h2-5,10-12,14,21,23H,6-9H2,1H3. The number of ether oxygens (including phenoxy) is 1. The normalized spacial score (nSPS) is 15.2. The first kappa shape index (κ1) is 16.9. The number of oxazole rings is 1. The van der Waals surface area contributed by atoms with Gasteiger partial charge < -0.3 is 24.5 Å². The number of thiophene rings is 1. The monoisotopic (exact) mass is 371 g/mol. The highest BCUT2D eigenvalue weighted by Gasteiger charge is 2.18. The summed E-state index contributed by atoms with van der Waals surface area (Å²) in [6.45, 7) is 1.81. The summed E-state index contributed by atoms with van der Waals surface area (Å²) in [4.78, 5) is 6.29. The minimum Gasteiger partial charge on any atom is -0.496 e. The van der Waals surface area contributed by atoms with E-state index < -0.39 is 0 Å². The fourth-order valence-electron chi connectivity index (χ4n) is 3.11. The van der Waals surface area contributed by atoms with Gasteiger partial charge in [-0.25, -0.2) is 4.98 Å². The first-order valence-electron chi connectivity index (χ1n) is 8.59. The van der Waals surface area contributed by atoms with Crippen LogP contribution in [0.4, 0.5) is 15.7 Å². The SMILES string of the molecule is COc1cc(Nc2ccc(N3CCC(O)CC3)s2)ccc1-c1cnco1. The summed E-state index contributed by atoms with van der Waals surface area (Å²) in [6, 6.07) is 10.1. The predicted molar refractivity (Wildman–Crippen MR) is 104 cm³/mol. The second kappa shape index (κ2) is 7.39. The lowest BCUT2D eigenvalue weighted by Gasteiger charge is -2.30. The van der Waals surface area contributed by atoms with Crippen molar-refractivity contribution in [2.24, 2.45) is 0 Å². The van der Waals surface area contributed by atoms with Crippen molar-refractivity contribution in [2.75, 3.05) is 30.4 Å². The molecule has 1 fully saturated rings. The minimum atomic E-state index is -0.154. The molecule has 2 aromatic heterocycles. The third kappa shape index (κ3) is 3.54. The molecule has 7 heteroatoms. The number of hydrogen-bond donors (Lipinski definition) is 2. The summed E-state index contributed by atoms with van der Waals surface area (Å²) in [7, 11) is 1.65. The van der Waals surface area contributed by atoms with E-state index in [1.54, 1.807) is 24.6 Å². The van der Waals surface area contributed by atoms with E-state index in [-0.39, 0.29) is 6.10 Å². The Labute approximate surface area is 156 Å². The molecule has 1 saturated heterocycles. The number of nitrogens with one attached hydrogen (secondary N) is 1. The molecule has 0 bridgehead atoms. The zero-order chi connectivity index (χ0) is 17.9. The fourth-order valence-corrected chi connectivity index (χ4v) is 4.09. The summed E-state index contributed by atoms with van der Waals surface area (Å²) in [6.07, 6.45) is 4.60. The van der Waals surface area contributed by atoms with Gasteiger partial charge in [0.25, 0.3) is 0 Å². The number of aliphatic hydroxyl groups excluding tert-OH is 1. The van der Waals surface area contributed by atoms with Crippen molar-refractivity contribution in [1.82, 2.24) is 4.98 Å². The molecule has 3 aromatic rings. The number of methoxy groups -OCH3 is 1. The van der Waals surface area contributed by atoms with Crippen LogP contribution in [0.15, 0.2) is 47.3 Å². The van der Waals surface area contributed by atoms with Crippen molar-refractivity contribution in [3.05, 3.63) is 42.9 Å². The Morgan fingerprint density at radius 2 is 2.12 bits per heavy atom. The molecular weight excluding hydrogens is 350 g/mol. The Bertz CT molecular complexity index is 855. The van der Waals surface area contributed by atoms with E-state index in [1.807, 2.05) is 18.2 Å². The quantitative estimate of drug-likeness (QED) is 0.703. The van der Waals surface area contributed by atoms with Gasteiger partial charge in [-0.05, 0) is 37.1 Å². The van der Waals surface area contributed by atoms with E-state index in [1.165, 1.54) is 11.4 Å². The zero-order valence-electron chi connectivity index (χ0n) is 14.5. The van der Waals surface area contributed by atoms with Crippen molar-refractivity contribution in [2.45, 2.75) is 18.9 Å². The van der Waals surface area contributed by atoms with Crippen molar-refractivity contribution < 1.29 is 14.3 Å². The highest BCUT2D eigenvalue weighted by molar-refractivity contribution is 7.20. The van der Waals surface area contributed by atoms with Gasteiger partial charge in [-0.2, -0.15) is 0 Å². The third-order valence-electron chi connectivity index (χ3n) is 4.53. The lowest BCUT2D eigenvalue weighted by Crippen LogP contribution is -2.35. The number of anilines is 3. The number of rotatable bonds is 5. The Morgan fingerprint density at radius 3 is 2.85 bits per heavy atom. The van der Waals surface area contributed by atoms with Crippen LogP contribution >= 0.6 is 11.3 Å². The average molecular weight is 371 g/mol. The van der Waals surface area contributed by atoms with Crippen LogP contribution in [0.25, 0.3) is 11.3 Å². The highest BCUT2D eigenvalue weighted by atomic mass is 32.1. The summed E-state index contributed by atoms with van der Waals surface area (Å²) < 4.78 is 10.9. The lowest BCUT2D eigenvalue weighted by atomic mass is 10.1. The molecule has 2 N–H and O–H groups in total. The molecule has 136 valence electrons. The van der Waals surface area contributed by atoms with E-state index in [0.717, 1.165) is 47.9 Å². The van der Waals surface area contributed by atoms with Gasteiger partial charge in [-0.15, -0.1) is 11.3 Å². The van der Waals surface area contributed by atoms with Crippen LogP contribution in [0, 0.1) is 0 Å². The van der Waals surface area contributed by atoms with Crippen LogP contribution in [-0.4, -0.2) is 36.4 Å². The highest BCUT2D eigenvalue weighted by Crippen LogP contribution is 2.36. The van der Waals surface area contributed by atoms with Gasteiger partial charge >= 0.3 is 0 Å². The number of aromatic nitrogens is 1. The number of nitrogens with zero attached hydrogens (tertiary/aromatic N) is 2. The van der Waals surface area contributed by atoms with Crippen LogP contribution in [0.1, 0.15) is 12.8 Å². The van der Waals surface area contributed by atoms with Crippen LogP contribution in [0.2, 0.25) is 0 Å². The van der Waals surface area contributed by atoms with E-state index in [2.05, 4.69) is 27.3 Å². The van der Waals surface area contributed by atoms with Gasteiger partial charge in [0.05, 0.1) is 35.0 Å². The molecule has 1 aliphatic rings. The molecule has 0 saturated carbocycles. The Kier molecular flexibility index (Phi) is 4.81. The molecule has 0 unspecified atom stereocenters. The molecule has 0 aliphatic carbocycles. The molecule has 0 atom stereocenters. The summed E-state index contributed by atoms with van der Waals surface area (Å²) in [5, 5.41) is 15.4. The summed E-state index contributed by atoms with van der Waals surface area (Å²) in [5.74, 6) is 1.41. The van der Waals surface area contributed by atoms with E-state index in [4.69, 9.17) is 9.15 Å². The smallest absolute Gasteiger partial charge is 0.181 e. The Balaban J connectivity index is 1.49. The van der Waals surface area contributed by atoms with Gasteiger partial charge in [0, 0.05) is 24.8 Å². The van der Waals surface area contributed by atoms with E-state index >= 15 is 0 Å². The zero-order valence-corrected chi connectivity index (χ0v) is 15.3. The van der Waals surface area contributed by atoms with Crippen molar-refractivity contribution >= 4 is 27.0 Å². The third-order valence-corrected chi connectivity index (χ3v) is 5.60. The molecule has 0 amide bonds. The summed E-state index contributed by atoms with van der Waals surface area (Å²) in [5.41, 5.74) is 1.82. The van der Waals surface area contributed by atoms with E-state index in [0.29, 0.717) is 5.76 Å². The first-order valence-corrected chi connectivity index (χ1v) is 9.41. The second-order valence-corrected chi connectivity index (χ2v) is 7.32. The maximum absolute atomic E-state index is 9.66. The average Bonchev–Trinajstić information content (AvgIpc) is 3.34. The molecule has 26 heavy (non-hydrogen) atoms. The van der Waals surface area contributed by atoms with Gasteiger partial charge in [0.2, 0.25) is 0 Å². The molecule has 1 aromatic carbocycles. The number of aliphatic hydroxyl groups is 1. The number of benzene rings is 1. The fraction of sp³-hybridized carbons (Fsp3) is 0.316. The maximum Gasteiger partial charge on any atom is 0.181 e. The lowest BCUT2D eigenvalue weighted by molar-refractivity contribution is 0.145. The van der Waals surface area contributed by atoms with Gasteiger partial charge in [0.1, 0.15) is 5.75 Å². The number of piperidine rings is 1. The van der Waals surface area contributed by atoms with Crippen LogP contribution in [0.5, 0.6) is 5.75 Å². The van der Waals surface area contributed by atoms with E-state index in [9.17, 15) is 5.11 Å². The Morgan fingerprint density at radius 1 is 1.27 bits per heavy atom. The molecule has 3 heterocycles. The minimum absolute atomic E-state index is 0.154. The molecule has 0 radical (unpaired) electrons. The topological polar surface area (TPSA) is 70.8 Å². The van der Waals surface area contributed by atoms with Gasteiger partial charge in [0.15, 0.2) is 12.2 Å². The largest absolute Gasteiger partial charge is 0.496 e. The first-order chi connectivity index (χ1) is 12.7. The Hall–Kier alpha value is -2.51. The van der Waals surface area contributed by atoms with Crippen LogP contribution in [0.3, 0.4) is 0 Å². The molecule has 0 spiro atoms. The van der Waals surface area contributed by atoms with Gasteiger partial charge in [-0.1, -0.05) is 0 Å². The van der Waals surface area contributed by atoms with Crippen LogP contribution < -0.4 is 15.0 Å². The molecular formula is C19H21N3O3S. The van der Waals surface area contributed by atoms with Crippen LogP contribution in [-0.2, 0) is 0 Å². The van der Waals surface area contributed by atoms with Crippen molar-refractivity contribution in [3.8, 4) is 17.1 Å². The summed E-state index contributed by atoms with van der Waals surface area (Å²) >= 11 is 1.71. The maximum atomic E-state index is 9.66.